The Hall–Kier alpha value is -2.72. The third-order valence-electron chi connectivity index (χ3n) is 5.71. The Morgan fingerprint density at radius 2 is 1.77 bits per heavy atom. The normalized spacial score (nSPS) is 14.7. The Kier molecular flexibility index (Phi) is 7.11. The van der Waals surface area contributed by atoms with E-state index in [1.165, 1.54) is 29.3 Å². The quantitative estimate of drug-likeness (QED) is 0.225. The Balaban J connectivity index is 0.00000272. The summed E-state index contributed by atoms with van der Waals surface area (Å²) in [6.07, 6.45) is 3.62. The number of anilines is 1. The van der Waals surface area contributed by atoms with Crippen LogP contribution in [0.15, 0.2) is 48.5 Å². The van der Waals surface area contributed by atoms with Gasteiger partial charge < -0.3 is 38.9 Å². The van der Waals surface area contributed by atoms with Gasteiger partial charge in [0.05, 0.1) is 16.0 Å². The van der Waals surface area contributed by atoms with Gasteiger partial charge in [0, 0.05) is 62.1 Å². The molecule has 0 aliphatic carbocycles. The van der Waals surface area contributed by atoms with Crippen molar-refractivity contribution >= 4 is 34.4 Å². The predicted octanol–water partition coefficient (Wildman–Crippen LogP) is 0.204. The smallest absolute Gasteiger partial charge is 0.270 e. The van der Waals surface area contributed by atoms with Crippen LogP contribution in [0, 0.1) is 10.1 Å². The lowest BCUT2D eigenvalue weighted by molar-refractivity contribution is -0.646. The number of pyridine rings is 1. The van der Waals surface area contributed by atoms with Crippen molar-refractivity contribution in [2.75, 3.05) is 38.1 Å². The van der Waals surface area contributed by atoms with Gasteiger partial charge in [0.25, 0.3) is 5.69 Å². The number of piperazine rings is 1. The van der Waals surface area contributed by atoms with Crippen LogP contribution in [0.25, 0.3) is 23.1 Å². The van der Waals surface area contributed by atoms with Crippen LogP contribution in [-0.2, 0) is 7.05 Å². The zero-order valence-corrected chi connectivity index (χ0v) is 19.7. The van der Waals surface area contributed by atoms with E-state index in [0.717, 1.165) is 37.4 Å². The van der Waals surface area contributed by atoms with Gasteiger partial charge in [0.2, 0.25) is 11.2 Å². The second kappa shape index (κ2) is 9.61. The highest BCUT2D eigenvalue weighted by molar-refractivity contribution is 5.91. The van der Waals surface area contributed by atoms with E-state index in [4.69, 9.17) is 0 Å². The number of para-hydroxylation sites is 1. The summed E-state index contributed by atoms with van der Waals surface area (Å²) in [5.41, 5.74) is 3.61. The molecule has 1 aliphatic rings. The van der Waals surface area contributed by atoms with Crippen LogP contribution in [-0.4, -0.2) is 48.2 Å². The topological polar surface area (TPSA) is 73.7 Å². The van der Waals surface area contributed by atoms with Crippen LogP contribution in [0.3, 0.4) is 0 Å². The zero-order chi connectivity index (χ0) is 21.3. The van der Waals surface area contributed by atoms with Crippen molar-refractivity contribution in [3.05, 3.63) is 69.9 Å². The minimum atomic E-state index is -0.460. The number of aryl methyl sites for hydroxylation is 1. The highest BCUT2D eigenvalue weighted by Gasteiger charge is 2.21. The molecule has 162 valence electrons. The highest BCUT2D eigenvalue weighted by atomic mass is 127. The average Bonchev–Trinajstić information content (AvgIpc) is 2.75. The Morgan fingerprint density at radius 3 is 2.48 bits per heavy atom. The number of likely N-dealkylation sites (N-methyl/N-ethyl adjacent to an activating group) is 1. The summed E-state index contributed by atoms with van der Waals surface area (Å²) in [7, 11) is 4.14. The first kappa shape index (κ1) is 23.0. The largest absolute Gasteiger partial charge is 1.00 e. The summed E-state index contributed by atoms with van der Waals surface area (Å²) in [5, 5.41) is 22.4. The number of hydrogen-bond donors (Lipinski definition) is 1. The summed E-state index contributed by atoms with van der Waals surface area (Å²) >= 11 is 0. The Bertz CT molecular complexity index is 1140. The lowest BCUT2D eigenvalue weighted by Gasteiger charge is -2.34. The molecule has 0 spiro atoms. The molecule has 0 saturated carbocycles. The number of benzene rings is 2. The molecule has 0 bridgehead atoms. The van der Waals surface area contributed by atoms with E-state index >= 15 is 0 Å². The Morgan fingerprint density at radius 1 is 1.06 bits per heavy atom. The molecule has 1 saturated heterocycles. The van der Waals surface area contributed by atoms with Crippen molar-refractivity contribution in [3.63, 3.8) is 0 Å². The number of non-ortho nitro benzene ring substituents is 1. The van der Waals surface area contributed by atoms with Gasteiger partial charge in [-0.15, -0.1) is 0 Å². The molecule has 0 amide bonds. The first-order chi connectivity index (χ1) is 14.4. The van der Waals surface area contributed by atoms with Crippen LogP contribution in [0.4, 0.5) is 11.4 Å². The monoisotopic (exact) mass is 532 g/mol. The first-order valence-electron chi connectivity index (χ1n) is 9.95. The number of nitro groups is 1. The fourth-order valence-electron chi connectivity index (χ4n) is 3.87. The average molecular weight is 532 g/mol. The Labute approximate surface area is 198 Å². The molecule has 3 aromatic rings. The molecule has 1 aliphatic heterocycles. The van der Waals surface area contributed by atoms with E-state index in [9.17, 15) is 15.2 Å². The van der Waals surface area contributed by atoms with Crippen LogP contribution >= 0.6 is 0 Å². The molecule has 2 aromatic carbocycles. The second-order valence-corrected chi connectivity index (χ2v) is 7.65. The van der Waals surface area contributed by atoms with Crippen LogP contribution in [0.5, 0.6) is 5.75 Å². The number of aromatic nitrogens is 1. The number of rotatable bonds is 4. The van der Waals surface area contributed by atoms with E-state index in [-0.39, 0.29) is 35.4 Å². The second-order valence-electron chi connectivity index (χ2n) is 7.65. The molecule has 0 atom stereocenters. The fraction of sp³-hybridized carbons (Fsp3) is 0.261. The first-order valence-corrected chi connectivity index (χ1v) is 9.95. The van der Waals surface area contributed by atoms with E-state index < -0.39 is 4.92 Å². The number of phenols is 1. The van der Waals surface area contributed by atoms with Gasteiger partial charge in [-0.2, -0.15) is 4.57 Å². The number of aromatic hydroxyl groups is 1. The number of nitro benzene ring substituents is 1. The SMILES string of the molecule is CN1CCN(c2cc(/C=C/c3cc([N+](=O)[O-])ccc3O)[n+](C)c3ccccc23)CC1.[I-]. The van der Waals surface area contributed by atoms with Crippen LogP contribution in [0.1, 0.15) is 11.3 Å². The van der Waals surface area contributed by atoms with Gasteiger partial charge in [-0.05, 0) is 25.3 Å². The molecule has 2 heterocycles. The lowest BCUT2D eigenvalue weighted by Crippen LogP contribution is -3.00. The molecular formula is C23H25IN4O3. The van der Waals surface area contributed by atoms with Crippen molar-refractivity contribution in [1.29, 1.82) is 0 Å². The molecule has 4 rings (SSSR count). The molecule has 1 N–H and O–H groups in total. The minimum absolute atomic E-state index is 0. The summed E-state index contributed by atoms with van der Waals surface area (Å²) in [4.78, 5) is 15.3. The third kappa shape index (κ3) is 4.80. The van der Waals surface area contributed by atoms with Gasteiger partial charge in [-0.25, -0.2) is 0 Å². The van der Waals surface area contributed by atoms with Crippen LogP contribution < -0.4 is 33.4 Å². The molecule has 0 radical (unpaired) electrons. The zero-order valence-electron chi connectivity index (χ0n) is 17.5. The number of hydrogen-bond acceptors (Lipinski definition) is 5. The van der Waals surface area contributed by atoms with Crippen molar-refractivity contribution < 1.29 is 38.6 Å². The molecule has 7 nitrogen and oxygen atoms in total. The minimum Gasteiger partial charge on any atom is -1.00 e. The highest BCUT2D eigenvalue weighted by Crippen LogP contribution is 2.28. The summed E-state index contributed by atoms with van der Waals surface area (Å²) in [6.45, 7) is 3.95. The van der Waals surface area contributed by atoms with Crippen molar-refractivity contribution in [2.24, 2.45) is 7.05 Å². The van der Waals surface area contributed by atoms with Crippen molar-refractivity contribution in [1.82, 2.24) is 4.90 Å². The van der Waals surface area contributed by atoms with Crippen molar-refractivity contribution in [2.45, 2.75) is 0 Å². The lowest BCUT2D eigenvalue weighted by atomic mass is 10.1. The predicted molar refractivity (Wildman–Crippen MR) is 119 cm³/mol. The van der Waals surface area contributed by atoms with Gasteiger partial charge in [-0.3, -0.25) is 10.1 Å². The molecule has 1 aromatic heterocycles. The summed E-state index contributed by atoms with van der Waals surface area (Å²) < 4.78 is 2.10. The van der Waals surface area contributed by atoms with E-state index in [1.807, 2.05) is 19.2 Å². The molecule has 0 unspecified atom stereocenters. The standard InChI is InChI=1S/C23H24N4O3.HI/c1-24-11-13-26(14-12-24)22-16-18(25(2)21-6-4-3-5-20(21)22)8-7-17-15-19(27(29)30)9-10-23(17)28;/h3-10,15-16H,11-14H2,1-2H3;1H. The van der Waals surface area contributed by atoms with Gasteiger partial charge >= 0.3 is 0 Å². The van der Waals surface area contributed by atoms with Gasteiger partial charge in [0.15, 0.2) is 0 Å². The van der Waals surface area contributed by atoms with Crippen molar-refractivity contribution in [3.8, 4) is 5.75 Å². The van der Waals surface area contributed by atoms with E-state index in [0.29, 0.717) is 5.56 Å². The number of halogens is 1. The van der Waals surface area contributed by atoms with Crippen LogP contribution in [0.2, 0.25) is 0 Å². The molecule has 8 heteroatoms. The molecular weight excluding hydrogens is 507 g/mol. The maximum absolute atomic E-state index is 11.1. The number of nitrogens with zero attached hydrogens (tertiary/aromatic N) is 4. The van der Waals surface area contributed by atoms with Gasteiger partial charge in [-0.1, -0.05) is 12.1 Å². The molecule has 1 fully saturated rings. The number of phenolic OH excluding ortho intramolecular Hbond substituents is 1. The van der Waals surface area contributed by atoms with Gasteiger partial charge in [0.1, 0.15) is 12.8 Å². The summed E-state index contributed by atoms with van der Waals surface area (Å²) in [5.74, 6) is 0.0135. The van der Waals surface area contributed by atoms with E-state index in [2.05, 4.69) is 45.7 Å². The maximum Gasteiger partial charge on any atom is 0.270 e. The maximum atomic E-state index is 11.1. The number of fused-ring (bicyclic) bond motifs is 1. The molecule has 31 heavy (non-hydrogen) atoms. The summed E-state index contributed by atoms with van der Waals surface area (Å²) in [6, 6.07) is 14.5. The van der Waals surface area contributed by atoms with E-state index in [1.54, 1.807) is 6.08 Å². The fourth-order valence-corrected chi connectivity index (χ4v) is 3.87. The third-order valence-corrected chi connectivity index (χ3v) is 5.71.